The highest BCUT2D eigenvalue weighted by Gasteiger charge is 2.21. The quantitative estimate of drug-likeness (QED) is 0.503. The summed E-state index contributed by atoms with van der Waals surface area (Å²) in [6.45, 7) is 4.25. The van der Waals surface area contributed by atoms with Crippen molar-refractivity contribution in [2.24, 2.45) is 0 Å². The number of hydrogen-bond acceptors (Lipinski definition) is 4. The Hall–Kier alpha value is -0.890. The lowest BCUT2D eigenvalue weighted by Crippen LogP contribution is -2.33. The summed E-state index contributed by atoms with van der Waals surface area (Å²) in [6.07, 6.45) is 0. The smallest absolute Gasteiger partial charge is 0.293 e. The Morgan fingerprint density at radius 2 is 2.18 bits per heavy atom. The number of nitrogens with zero attached hydrogens (tertiary/aromatic N) is 2. The van der Waals surface area contributed by atoms with Crippen molar-refractivity contribution in [2.45, 2.75) is 19.9 Å². The van der Waals surface area contributed by atoms with Crippen molar-refractivity contribution in [2.75, 3.05) is 18.1 Å². The number of aliphatic hydroxyl groups is 1. The fourth-order valence-corrected chi connectivity index (χ4v) is 2.13. The van der Waals surface area contributed by atoms with Gasteiger partial charge < -0.3 is 10.0 Å². The van der Waals surface area contributed by atoms with E-state index in [0.717, 1.165) is 3.57 Å². The molecule has 5 nitrogen and oxygen atoms in total. The molecule has 1 aromatic carbocycles. The molecule has 1 N–H and O–H groups in total. The van der Waals surface area contributed by atoms with Crippen LogP contribution < -0.4 is 4.90 Å². The zero-order valence-electron chi connectivity index (χ0n) is 9.76. The Balaban J connectivity index is 3.22. The molecular formula is C11H15IN2O3. The van der Waals surface area contributed by atoms with Crippen LogP contribution in [-0.4, -0.2) is 29.2 Å². The van der Waals surface area contributed by atoms with Crippen LogP contribution in [0.5, 0.6) is 0 Å². The van der Waals surface area contributed by atoms with Crippen LogP contribution in [0.15, 0.2) is 18.2 Å². The second-order valence-electron chi connectivity index (χ2n) is 3.90. The number of halogens is 1. The highest BCUT2D eigenvalue weighted by atomic mass is 127. The molecule has 0 saturated heterocycles. The van der Waals surface area contributed by atoms with Gasteiger partial charge in [-0.05, 0) is 48.6 Å². The largest absolute Gasteiger partial charge is 0.395 e. The molecule has 6 heteroatoms. The number of benzene rings is 1. The lowest BCUT2D eigenvalue weighted by atomic mass is 10.2. The Kier molecular flexibility index (Phi) is 5.13. The molecule has 0 bridgehead atoms. The van der Waals surface area contributed by atoms with Gasteiger partial charge in [0.15, 0.2) is 0 Å². The zero-order chi connectivity index (χ0) is 13.0. The number of anilines is 1. The number of nitro benzene ring substituents is 1. The van der Waals surface area contributed by atoms with E-state index in [9.17, 15) is 10.1 Å². The van der Waals surface area contributed by atoms with Crippen LogP contribution in [0.4, 0.5) is 11.4 Å². The molecule has 0 amide bonds. The van der Waals surface area contributed by atoms with Gasteiger partial charge in [0.1, 0.15) is 5.69 Å². The van der Waals surface area contributed by atoms with Crippen molar-refractivity contribution in [3.05, 3.63) is 31.9 Å². The Morgan fingerprint density at radius 1 is 1.53 bits per heavy atom. The molecular weight excluding hydrogens is 335 g/mol. The van der Waals surface area contributed by atoms with Crippen LogP contribution in [0.2, 0.25) is 0 Å². The van der Waals surface area contributed by atoms with E-state index in [1.165, 1.54) is 0 Å². The van der Waals surface area contributed by atoms with Crippen molar-refractivity contribution in [3.8, 4) is 0 Å². The normalized spacial score (nSPS) is 10.6. The third kappa shape index (κ3) is 3.53. The van der Waals surface area contributed by atoms with Gasteiger partial charge in [-0.2, -0.15) is 0 Å². The molecule has 0 fully saturated rings. The third-order valence-electron chi connectivity index (χ3n) is 2.41. The Morgan fingerprint density at radius 3 is 2.65 bits per heavy atom. The summed E-state index contributed by atoms with van der Waals surface area (Å²) in [4.78, 5) is 12.5. The van der Waals surface area contributed by atoms with Crippen molar-refractivity contribution in [1.82, 2.24) is 0 Å². The van der Waals surface area contributed by atoms with E-state index in [-0.39, 0.29) is 23.3 Å². The van der Waals surface area contributed by atoms with Crippen molar-refractivity contribution in [1.29, 1.82) is 0 Å². The minimum absolute atomic E-state index is 0.0265. The average Bonchev–Trinajstić information content (AvgIpc) is 2.26. The molecule has 17 heavy (non-hydrogen) atoms. The summed E-state index contributed by atoms with van der Waals surface area (Å²) in [6, 6.07) is 5.20. The molecule has 1 aromatic rings. The van der Waals surface area contributed by atoms with Crippen molar-refractivity contribution in [3.63, 3.8) is 0 Å². The number of nitro groups is 1. The maximum absolute atomic E-state index is 11.0. The first-order chi connectivity index (χ1) is 7.97. The van der Waals surface area contributed by atoms with E-state index in [2.05, 4.69) is 0 Å². The first-order valence-electron chi connectivity index (χ1n) is 5.28. The van der Waals surface area contributed by atoms with Gasteiger partial charge in [0.2, 0.25) is 0 Å². The Labute approximate surface area is 114 Å². The zero-order valence-corrected chi connectivity index (χ0v) is 11.9. The second kappa shape index (κ2) is 6.15. The van der Waals surface area contributed by atoms with Gasteiger partial charge in [-0.1, -0.05) is 0 Å². The number of hydrogen-bond donors (Lipinski definition) is 1. The van der Waals surface area contributed by atoms with Crippen LogP contribution in [0.3, 0.4) is 0 Å². The molecule has 0 radical (unpaired) electrons. The molecule has 0 aliphatic rings. The lowest BCUT2D eigenvalue weighted by Gasteiger charge is -2.27. The SMILES string of the molecule is CC(C)N(CCO)c1ccc(I)cc1[N+](=O)[O-]. The van der Waals surface area contributed by atoms with Gasteiger partial charge in [-0.15, -0.1) is 0 Å². The minimum atomic E-state index is -0.385. The van der Waals surface area contributed by atoms with Gasteiger partial charge in [-0.3, -0.25) is 10.1 Å². The van der Waals surface area contributed by atoms with Crippen LogP contribution in [0.1, 0.15) is 13.8 Å². The summed E-state index contributed by atoms with van der Waals surface area (Å²) in [7, 11) is 0. The predicted molar refractivity (Wildman–Crippen MR) is 75.4 cm³/mol. The monoisotopic (exact) mass is 350 g/mol. The standard InChI is InChI=1S/C11H15IN2O3/c1-8(2)13(5-6-15)10-4-3-9(12)7-11(10)14(16)17/h3-4,7-8,15H,5-6H2,1-2H3. The van der Waals surface area contributed by atoms with Crippen molar-refractivity contribution >= 4 is 34.0 Å². The van der Waals surface area contributed by atoms with Crippen LogP contribution in [-0.2, 0) is 0 Å². The number of aliphatic hydroxyl groups excluding tert-OH is 1. The van der Waals surface area contributed by atoms with E-state index < -0.39 is 0 Å². The van der Waals surface area contributed by atoms with E-state index in [1.807, 2.05) is 47.4 Å². The molecule has 0 aliphatic heterocycles. The Bertz CT molecular complexity index is 410. The van der Waals surface area contributed by atoms with E-state index in [1.54, 1.807) is 12.1 Å². The highest BCUT2D eigenvalue weighted by molar-refractivity contribution is 14.1. The minimum Gasteiger partial charge on any atom is -0.395 e. The summed E-state index contributed by atoms with van der Waals surface area (Å²) >= 11 is 2.05. The summed E-state index contributed by atoms with van der Waals surface area (Å²) < 4.78 is 0.825. The maximum atomic E-state index is 11.0. The molecule has 0 aliphatic carbocycles. The predicted octanol–water partition coefficient (Wildman–Crippen LogP) is 2.41. The molecule has 0 saturated carbocycles. The molecule has 0 unspecified atom stereocenters. The average molecular weight is 350 g/mol. The van der Waals surface area contributed by atoms with Crippen molar-refractivity contribution < 1.29 is 10.0 Å². The summed E-state index contributed by atoms with van der Waals surface area (Å²) in [5.41, 5.74) is 0.638. The highest BCUT2D eigenvalue weighted by Crippen LogP contribution is 2.30. The van der Waals surface area contributed by atoms with E-state index >= 15 is 0 Å². The van der Waals surface area contributed by atoms with Gasteiger partial charge in [0.25, 0.3) is 5.69 Å². The molecule has 1 rings (SSSR count). The van der Waals surface area contributed by atoms with Crippen LogP contribution >= 0.6 is 22.6 Å². The van der Waals surface area contributed by atoms with E-state index in [0.29, 0.717) is 12.2 Å². The summed E-state index contributed by atoms with van der Waals surface area (Å²) in [5, 5.41) is 20.0. The van der Waals surface area contributed by atoms with E-state index in [4.69, 9.17) is 5.11 Å². The molecule has 0 heterocycles. The summed E-state index contributed by atoms with van der Waals surface area (Å²) in [5.74, 6) is 0. The molecule has 94 valence electrons. The van der Waals surface area contributed by atoms with Crippen LogP contribution in [0, 0.1) is 13.7 Å². The van der Waals surface area contributed by atoms with Gasteiger partial charge >= 0.3 is 0 Å². The molecule has 0 atom stereocenters. The molecule has 0 spiro atoms. The number of rotatable bonds is 5. The first-order valence-corrected chi connectivity index (χ1v) is 6.36. The maximum Gasteiger partial charge on any atom is 0.293 e. The fraction of sp³-hybridized carbons (Fsp3) is 0.455. The van der Waals surface area contributed by atoms with Crippen LogP contribution in [0.25, 0.3) is 0 Å². The molecule has 0 aromatic heterocycles. The van der Waals surface area contributed by atoms with Gasteiger partial charge in [0.05, 0.1) is 11.5 Å². The lowest BCUT2D eigenvalue weighted by molar-refractivity contribution is -0.384. The fourth-order valence-electron chi connectivity index (χ4n) is 1.65. The third-order valence-corrected chi connectivity index (χ3v) is 3.08. The first kappa shape index (κ1) is 14.2. The van der Waals surface area contributed by atoms with Gasteiger partial charge in [-0.25, -0.2) is 0 Å². The van der Waals surface area contributed by atoms with Gasteiger partial charge in [0, 0.05) is 22.2 Å². The second-order valence-corrected chi connectivity index (χ2v) is 5.15. The topological polar surface area (TPSA) is 66.6 Å².